The smallest absolute Gasteiger partial charge is 0.313 e. The van der Waals surface area contributed by atoms with E-state index in [1.165, 1.54) is 31.0 Å². The second kappa shape index (κ2) is 6.28. The molecule has 0 saturated heterocycles. The van der Waals surface area contributed by atoms with Crippen LogP contribution in [0, 0.1) is 0 Å². The molecule has 0 aliphatic heterocycles. The van der Waals surface area contributed by atoms with Gasteiger partial charge in [0.15, 0.2) is 5.16 Å². The van der Waals surface area contributed by atoms with E-state index in [0.717, 1.165) is 29.0 Å². The molecular weight excluding hydrogens is 308 g/mol. The number of carbonyl (C=O) groups is 1. The van der Waals surface area contributed by atoms with Crippen LogP contribution in [0.25, 0.3) is 11.0 Å². The zero-order valence-electron chi connectivity index (χ0n) is 11.6. The summed E-state index contributed by atoms with van der Waals surface area (Å²) >= 11 is 7.33. The number of carboxylic acids is 1. The molecule has 112 valence electrons. The summed E-state index contributed by atoms with van der Waals surface area (Å²) in [7, 11) is 0. The van der Waals surface area contributed by atoms with E-state index in [2.05, 4.69) is 9.55 Å². The van der Waals surface area contributed by atoms with E-state index in [9.17, 15) is 4.79 Å². The van der Waals surface area contributed by atoms with Crippen molar-refractivity contribution in [2.24, 2.45) is 0 Å². The van der Waals surface area contributed by atoms with Crippen LogP contribution in [-0.2, 0) is 4.79 Å². The number of imidazole rings is 1. The lowest BCUT2D eigenvalue weighted by atomic mass is 9.95. The number of halogens is 1. The molecule has 1 aromatic heterocycles. The molecule has 0 bridgehead atoms. The second-order valence-electron chi connectivity index (χ2n) is 5.37. The summed E-state index contributed by atoms with van der Waals surface area (Å²) in [5.74, 6) is -0.788. The molecule has 0 amide bonds. The number of nitrogens with zero attached hydrogens (tertiary/aromatic N) is 2. The van der Waals surface area contributed by atoms with Crippen molar-refractivity contribution in [3.05, 3.63) is 23.2 Å². The number of fused-ring (bicyclic) bond motifs is 1. The van der Waals surface area contributed by atoms with Crippen molar-refractivity contribution in [1.82, 2.24) is 9.55 Å². The zero-order valence-corrected chi connectivity index (χ0v) is 13.2. The number of thioether (sulfide) groups is 1. The lowest BCUT2D eigenvalue weighted by Gasteiger charge is -2.25. The summed E-state index contributed by atoms with van der Waals surface area (Å²) in [5.41, 5.74) is 1.90. The van der Waals surface area contributed by atoms with Crippen LogP contribution in [0.4, 0.5) is 0 Å². The minimum Gasteiger partial charge on any atom is -0.481 e. The molecule has 2 aromatic rings. The highest BCUT2D eigenvalue weighted by molar-refractivity contribution is 7.99. The highest BCUT2D eigenvalue weighted by Gasteiger charge is 2.22. The second-order valence-corrected chi connectivity index (χ2v) is 6.75. The lowest BCUT2D eigenvalue weighted by molar-refractivity contribution is -0.133. The van der Waals surface area contributed by atoms with E-state index >= 15 is 0 Å². The summed E-state index contributed by atoms with van der Waals surface area (Å²) in [6.45, 7) is 0. The summed E-state index contributed by atoms with van der Waals surface area (Å²) in [6, 6.07) is 6.13. The normalized spacial score (nSPS) is 16.4. The molecule has 1 heterocycles. The first-order valence-electron chi connectivity index (χ1n) is 7.17. The molecule has 0 spiro atoms. The van der Waals surface area contributed by atoms with Gasteiger partial charge in [0, 0.05) is 11.1 Å². The molecule has 0 unspecified atom stereocenters. The minimum atomic E-state index is -0.819. The third kappa shape index (κ3) is 3.19. The fourth-order valence-corrected chi connectivity index (χ4v) is 3.94. The Morgan fingerprint density at radius 3 is 2.86 bits per heavy atom. The third-order valence-corrected chi connectivity index (χ3v) is 5.06. The van der Waals surface area contributed by atoms with Crippen LogP contribution in [0.3, 0.4) is 0 Å². The van der Waals surface area contributed by atoms with Crippen LogP contribution in [0.2, 0.25) is 5.02 Å². The van der Waals surface area contributed by atoms with Crippen LogP contribution in [0.5, 0.6) is 0 Å². The Balaban J connectivity index is 2.03. The van der Waals surface area contributed by atoms with Gasteiger partial charge in [-0.2, -0.15) is 0 Å². The van der Waals surface area contributed by atoms with Gasteiger partial charge in [-0.15, -0.1) is 0 Å². The highest BCUT2D eigenvalue weighted by atomic mass is 35.5. The van der Waals surface area contributed by atoms with E-state index in [0.29, 0.717) is 11.1 Å². The van der Waals surface area contributed by atoms with Crippen LogP contribution in [0.15, 0.2) is 23.4 Å². The molecular formula is C15H17ClN2O2S. The summed E-state index contributed by atoms with van der Waals surface area (Å²) in [5, 5.41) is 10.4. The maximum absolute atomic E-state index is 10.9. The molecule has 0 radical (unpaired) electrons. The van der Waals surface area contributed by atoms with Crippen molar-refractivity contribution < 1.29 is 9.90 Å². The highest BCUT2D eigenvalue weighted by Crippen LogP contribution is 2.36. The van der Waals surface area contributed by atoms with Crippen molar-refractivity contribution in [3.8, 4) is 0 Å². The average molecular weight is 325 g/mol. The topological polar surface area (TPSA) is 55.1 Å². The number of hydrogen-bond donors (Lipinski definition) is 1. The monoisotopic (exact) mass is 324 g/mol. The van der Waals surface area contributed by atoms with Gasteiger partial charge in [-0.25, -0.2) is 4.98 Å². The van der Waals surface area contributed by atoms with Gasteiger partial charge < -0.3 is 9.67 Å². The first-order valence-corrected chi connectivity index (χ1v) is 8.53. The van der Waals surface area contributed by atoms with Crippen LogP contribution >= 0.6 is 23.4 Å². The maximum Gasteiger partial charge on any atom is 0.313 e. The Kier molecular flexibility index (Phi) is 4.40. The molecule has 6 heteroatoms. The molecule has 1 aliphatic rings. The quantitative estimate of drug-likeness (QED) is 0.848. The van der Waals surface area contributed by atoms with Gasteiger partial charge in [0.25, 0.3) is 0 Å². The number of aromatic nitrogens is 2. The number of rotatable bonds is 4. The molecule has 0 atom stereocenters. The van der Waals surface area contributed by atoms with E-state index in [4.69, 9.17) is 16.7 Å². The number of hydrogen-bond acceptors (Lipinski definition) is 3. The molecule has 1 N–H and O–H groups in total. The first-order chi connectivity index (χ1) is 10.1. The van der Waals surface area contributed by atoms with Gasteiger partial charge in [-0.1, -0.05) is 42.6 Å². The Labute approximate surface area is 132 Å². The number of benzene rings is 1. The minimum absolute atomic E-state index is 0.0315. The van der Waals surface area contributed by atoms with Crippen LogP contribution < -0.4 is 0 Å². The number of carboxylic acid groups (broad SMARTS) is 1. The SMILES string of the molecule is O=C(O)CSc1nc2cc(Cl)ccc2n1C1CCCCC1. The number of aliphatic carboxylic acids is 1. The summed E-state index contributed by atoms with van der Waals surface area (Å²) in [6.07, 6.45) is 6.00. The van der Waals surface area contributed by atoms with E-state index in [1.807, 2.05) is 18.2 Å². The van der Waals surface area contributed by atoms with Gasteiger partial charge in [0.2, 0.25) is 0 Å². The molecule has 4 nitrogen and oxygen atoms in total. The molecule has 21 heavy (non-hydrogen) atoms. The van der Waals surface area contributed by atoms with Crippen molar-refractivity contribution in [2.75, 3.05) is 5.75 Å². The van der Waals surface area contributed by atoms with Crippen molar-refractivity contribution in [3.63, 3.8) is 0 Å². The molecule has 1 fully saturated rings. The van der Waals surface area contributed by atoms with Gasteiger partial charge in [-0.3, -0.25) is 4.79 Å². The Morgan fingerprint density at radius 2 is 2.14 bits per heavy atom. The van der Waals surface area contributed by atoms with E-state index < -0.39 is 5.97 Å². The first kappa shape index (κ1) is 14.7. The van der Waals surface area contributed by atoms with Crippen LogP contribution in [-0.4, -0.2) is 26.4 Å². The maximum atomic E-state index is 10.9. The Morgan fingerprint density at radius 1 is 1.38 bits per heavy atom. The molecule has 1 saturated carbocycles. The largest absolute Gasteiger partial charge is 0.481 e. The molecule has 1 aromatic carbocycles. The van der Waals surface area contributed by atoms with E-state index in [1.54, 1.807) is 0 Å². The fourth-order valence-electron chi connectivity index (χ4n) is 2.97. The lowest BCUT2D eigenvalue weighted by Crippen LogP contribution is -2.14. The Bertz CT molecular complexity index is 665. The fraction of sp³-hybridized carbons (Fsp3) is 0.467. The van der Waals surface area contributed by atoms with Crippen LogP contribution in [0.1, 0.15) is 38.1 Å². The van der Waals surface area contributed by atoms with E-state index in [-0.39, 0.29) is 5.75 Å². The van der Waals surface area contributed by atoms with Gasteiger partial charge >= 0.3 is 5.97 Å². The van der Waals surface area contributed by atoms with Crippen molar-refractivity contribution in [1.29, 1.82) is 0 Å². The Hall–Kier alpha value is -1.20. The zero-order chi connectivity index (χ0) is 14.8. The van der Waals surface area contributed by atoms with Gasteiger partial charge in [-0.05, 0) is 31.0 Å². The van der Waals surface area contributed by atoms with Gasteiger partial charge in [0.1, 0.15) is 0 Å². The average Bonchev–Trinajstić information content (AvgIpc) is 2.83. The predicted molar refractivity (Wildman–Crippen MR) is 85.2 cm³/mol. The molecule has 3 rings (SSSR count). The van der Waals surface area contributed by atoms with Crippen molar-refractivity contribution in [2.45, 2.75) is 43.3 Å². The van der Waals surface area contributed by atoms with Crippen molar-refractivity contribution >= 4 is 40.4 Å². The molecule has 1 aliphatic carbocycles. The standard InChI is InChI=1S/C15H17ClN2O2S/c16-10-6-7-13-12(8-10)17-15(21-9-14(19)20)18(13)11-4-2-1-3-5-11/h6-8,11H,1-5,9H2,(H,19,20). The van der Waals surface area contributed by atoms with Gasteiger partial charge in [0.05, 0.1) is 16.8 Å². The third-order valence-electron chi connectivity index (χ3n) is 3.88. The summed E-state index contributed by atoms with van der Waals surface area (Å²) in [4.78, 5) is 15.4. The predicted octanol–water partition coefficient (Wildman–Crippen LogP) is 4.37. The summed E-state index contributed by atoms with van der Waals surface area (Å²) < 4.78 is 2.22.